The fourth-order valence-electron chi connectivity index (χ4n) is 2.86. The van der Waals surface area contributed by atoms with Crippen LogP contribution in [-0.4, -0.2) is 37.2 Å². The van der Waals surface area contributed by atoms with Gasteiger partial charge in [-0.25, -0.2) is 4.79 Å². The number of anilines is 1. The number of nitro groups is 1. The SMILES string of the molecule is N#Cc1ccccc1COC(=O)c1cc([N+](=O)[O-])ccc1N1CCOCC1. The Morgan fingerprint density at radius 1 is 1.26 bits per heavy atom. The highest BCUT2D eigenvalue weighted by Gasteiger charge is 2.23. The standard InChI is InChI=1S/C19H17N3O5/c20-12-14-3-1-2-4-15(14)13-27-19(23)17-11-16(22(24)25)5-6-18(17)21-7-9-26-10-8-21/h1-6,11H,7-10,13H2. The van der Waals surface area contributed by atoms with Crippen LogP contribution < -0.4 is 4.90 Å². The lowest BCUT2D eigenvalue weighted by atomic mass is 10.1. The molecule has 1 fully saturated rings. The lowest BCUT2D eigenvalue weighted by Crippen LogP contribution is -2.37. The molecular formula is C19H17N3O5. The zero-order chi connectivity index (χ0) is 19.2. The van der Waals surface area contributed by atoms with Crippen molar-refractivity contribution in [3.63, 3.8) is 0 Å². The van der Waals surface area contributed by atoms with Gasteiger partial charge in [0.2, 0.25) is 0 Å². The summed E-state index contributed by atoms with van der Waals surface area (Å²) in [5.74, 6) is -0.673. The molecule has 8 heteroatoms. The van der Waals surface area contributed by atoms with Gasteiger partial charge in [-0.15, -0.1) is 0 Å². The van der Waals surface area contributed by atoms with Crippen LogP contribution in [0, 0.1) is 21.4 Å². The number of hydrogen-bond acceptors (Lipinski definition) is 7. The van der Waals surface area contributed by atoms with Crippen molar-refractivity contribution >= 4 is 17.3 Å². The molecule has 138 valence electrons. The predicted octanol–water partition coefficient (Wildman–Crippen LogP) is 2.66. The molecular weight excluding hydrogens is 350 g/mol. The molecule has 1 saturated heterocycles. The van der Waals surface area contributed by atoms with Gasteiger partial charge in [0.1, 0.15) is 6.61 Å². The molecule has 0 atom stereocenters. The number of benzene rings is 2. The number of nitrogens with zero attached hydrogens (tertiary/aromatic N) is 3. The van der Waals surface area contributed by atoms with Gasteiger partial charge in [-0.3, -0.25) is 10.1 Å². The summed E-state index contributed by atoms with van der Waals surface area (Å²) in [6.07, 6.45) is 0. The average molecular weight is 367 g/mol. The fourth-order valence-corrected chi connectivity index (χ4v) is 2.86. The minimum atomic E-state index is -0.673. The zero-order valence-corrected chi connectivity index (χ0v) is 14.5. The third-order valence-electron chi connectivity index (χ3n) is 4.26. The summed E-state index contributed by atoms with van der Waals surface area (Å²) in [4.78, 5) is 25.2. The number of ether oxygens (including phenoxy) is 2. The van der Waals surface area contributed by atoms with Crippen molar-refractivity contribution in [2.75, 3.05) is 31.2 Å². The number of rotatable bonds is 5. The highest BCUT2D eigenvalue weighted by molar-refractivity contribution is 5.96. The number of morpholine rings is 1. The van der Waals surface area contributed by atoms with Gasteiger partial charge in [-0.2, -0.15) is 5.26 Å². The lowest BCUT2D eigenvalue weighted by molar-refractivity contribution is -0.384. The van der Waals surface area contributed by atoms with E-state index in [9.17, 15) is 14.9 Å². The van der Waals surface area contributed by atoms with Crippen molar-refractivity contribution in [2.24, 2.45) is 0 Å². The van der Waals surface area contributed by atoms with E-state index in [2.05, 4.69) is 0 Å². The van der Waals surface area contributed by atoms with Crippen molar-refractivity contribution in [3.8, 4) is 6.07 Å². The Kier molecular flexibility index (Phi) is 5.64. The summed E-state index contributed by atoms with van der Waals surface area (Å²) in [5, 5.41) is 20.2. The molecule has 2 aromatic rings. The summed E-state index contributed by atoms with van der Waals surface area (Å²) < 4.78 is 10.7. The smallest absolute Gasteiger partial charge is 0.340 e. The van der Waals surface area contributed by atoms with E-state index in [1.165, 1.54) is 12.1 Å². The van der Waals surface area contributed by atoms with Gasteiger partial charge in [0.05, 0.1) is 41.0 Å². The quantitative estimate of drug-likeness (QED) is 0.454. The molecule has 27 heavy (non-hydrogen) atoms. The first-order valence-corrected chi connectivity index (χ1v) is 8.36. The predicted molar refractivity (Wildman–Crippen MR) is 96.4 cm³/mol. The van der Waals surface area contributed by atoms with Crippen LogP contribution in [0.25, 0.3) is 0 Å². The number of esters is 1. The van der Waals surface area contributed by atoms with E-state index < -0.39 is 10.9 Å². The van der Waals surface area contributed by atoms with Crippen LogP contribution in [-0.2, 0) is 16.1 Å². The summed E-state index contributed by atoms with van der Waals surface area (Å²) in [6, 6.07) is 13.0. The van der Waals surface area contributed by atoms with E-state index in [-0.39, 0.29) is 17.9 Å². The molecule has 0 N–H and O–H groups in total. The second kappa shape index (κ2) is 8.29. The molecule has 1 aliphatic rings. The second-order valence-corrected chi connectivity index (χ2v) is 5.90. The Morgan fingerprint density at radius 3 is 2.70 bits per heavy atom. The topological polar surface area (TPSA) is 106 Å². The van der Waals surface area contributed by atoms with E-state index in [4.69, 9.17) is 14.7 Å². The van der Waals surface area contributed by atoms with E-state index in [0.717, 1.165) is 0 Å². The van der Waals surface area contributed by atoms with Crippen molar-refractivity contribution in [3.05, 3.63) is 69.3 Å². The van der Waals surface area contributed by atoms with Crippen molar-refractivity contribution in [1.29, 1.82) is 5.26 Å². The first-order chi connectivity index (χ1) is 13.1. The third kappa shape index (κ3) is 4.22. The van der Waals surface area contributed by atoms with Crippen LogP contribution in [0.5, 0.6) is 0 Å². The second-order valence-electron chi connectivity index (χ2n) is 5.90. The van der Waals surface area contributed by atoms with Gasteiger partial charge in [-0.05, 0) is 12.1 Å². The fraction of sp³-hybridized carbons (Fsp3) is 0.263. The molecule has 1 aliphatic heterocycles. The van der Waals surface area contributed by atoms with Crippen molar-refractivity contribution in [2.45, 2.75) is 6.61 Å². The molecule has 0 amide bonds. The molecule has 3 rings (SSSR count). The first kappa shape index (κ1) is 18.4. The molecule has 0 saturated carbocycles. The molecule has 0 aliphatic carbocycles. The Bertz CT molecular complexity index is 900. The highest BCUT2D eigenvalue weighted by Crippen LogP contribution is 2.27. The van der Waals surface area contributed by atoms with Gasteiger partial charge in [0.25, 0.3) is 5.69 Å². The Labute approximate surface area is 155 Å². The normalized spacial score (nSPS) is 13.7. The Morgan fingerprint density at radius 2 is 2.00 bits per heavy atom. The number of non-ortho nitro benzene ring substituents is 1. The van der Waals surface area contributed by atoms with E-state index in [1.54, 1.807) is 30.3 Å². The maximum Gasteiger partial charge on any atom is 0.340 e. The van der Waals surface area contributed by atoms with E-state index in [1.807, 2.05) is 11.0 Å². The first-order valence-electron chi connectivity index (χ1n) is 8.36. The molecule has 1 heterocycles. The molecule has 0 radical (unpaired) electrons. The highest BCUT2D eigenvalue weighted by atomic mass is 16.6. The largest absolute Gasteiger partial charge is 0.457 e. The van der Waals surface area contributed by atoms with Gasteiger partial charge < -0.3 is 14.4 Å². The minimum absolute atomic E-state index is 0.0895. The van der Waals surface area contributed by atoms with Crippen LogP contribution in [0.3, 0.4) is 0 Å². The Hall–Kier alpha value is -3.44. The molecule has 0 unspecified atom stereocenters. The Balaban J connectivity index is 1.86. The van der Waals surface area contributed by atoms with Crippen LogP contribution in [0.2, 0.25) is 0 Å². The monoisotopic (exact) mass is 367 g/mol. The number of carbonyl (C=O) groups excluding carboxylic acids is 1. The average Bonchev–Trinajstić information content (AvgIpc) is 2.72. The molecule has 0 bridgehead atoms. The van der Waals surface area contributed by atoms with Gasteiger partial charge in [-0.1, -0.05) is 18.2 Å². The lowest BCUT2D eigenvalue weighted by Gasteiger charge is -2.30. The van der Waals surface area contributed by atoms with Crippen LogP contribution >= 0.6 is 0 Å². The minimum Gasteiger partial charge on any atom is -0.457 e. The molecule has 8 nitrogen and oxygen atoms in total. The van der Waals surface area contributed by atoms with Crippen LogP contribution in [0.1, 0.15) is 21.5 Å². The van der Waals surface area contributed by atoms with Gasteiger partial charge in [0, 0.05) is 30.8 Å². The summed E-state index contributed by atoms with van der Waals surface area (Å²) in [5.41, 5.74) is 1.50. The van der Waals surface area contributed by atoms with Crippen LogP contribution in [0.4, 0.5) is 11.4 Å². The number of carbonyl (C=O) groups is 1. The molecule has 0 aromatic heterocycles. The maximum absolute atomic E-state index is 12.7. The van der Waals surface area contributed by atoms with Crippen LogP contribution in [0.15, 0.2) is 42.5 Å². The number of nitriles is 1. The number of nitro benzene ring substituents is 1. The number of hydrogen-bond donors (Lipinski definition) is 0. The van der Waals surface area contributed by atoms with E-state index in [0.29, 0.717) is 43.1 Å². The van der Waals surface area contributed by atoms with E-state index >= 15 is 0 Å². The van der Waals surface area contributed by atoms with Crippen molar-refractivity contribution in [1.82, 2.24) is 0 Å². The summed E-state index contributed by atoms with van der Waals surface area (Å²) in [7, 11) is 0. The summed E-state index contributed by atoms with van der Waals surface area (Å²) in [6.45, 7) is 2.10. The molecule has 2 aromatic carbocycles. The maximum atomic E-state index is 12.7. The van der Waals surface area contributed by atoms with Gasteiger partial charge >= 0.3 is 5.97 Å². The summed E-state index contributed by atoms with van der Waals surface area (Å²) >= 11 is 0. The molecule has 0 spiro atoms. The van der Waals surface area contributed by atoms with Crippen molar-refractivity contribution < 1.29 is 19.2 Å². The van der Waals surface area contributed by atoms with Gasteiger partial charge in [0.15, 0.2) is 0 Å². The zero-order valence-electron chi connectivity index (χ0n) is 14.5. The third-order valence-corrected chi connectivity index (χ3v) is 4.26.